The van der Waals surface area contributed by atoms with Gasteiger partial charge in [0.25, 0.3) is 0 Å². The molecule has 0 spiro atoms. The van der Waals surface area contributed by atoms with Gasteiger partial charge in [0.1, 0.15) is 4.90 Å². The highest BCUT2D eigenvalue weighted by molar-refractivity contribution is 7.89. The molecule has 0 saturated heterocycles. The van der Waals surface area contributed by atoms with Gasteiger partial charge in [0.15, 0.2) is 0 Å². The summed E-state index contributed by atoms with van der Waals surface area (Å²) in [7, 11) is -3.71. The Morgan fingerprint density at radius 1 is 1.38 bits per heavy atom. The van der Waals surface area contributed by atoms with E-state index in [4.69, 9.17) is 17.3 Å². The van der Waals surface area contributed by atoms with Crippen molar-refractivity contribution in [3.63, 3.8) is 0 Å². The number of nitrogen functional groups attached to an aromatic ring is 1. The maximum atomic E-state index is 12.1. The lowest BCUT2D eigenvalue weighted by atomic mass is 10.3. The van der Waals surface area contributed by atoms with E-state index in [0.29, 0.717) is 23.9 Å². The van der Waals surface area contributed by atoms with Crippen molar-refractivity contribution in [2.24, 2.45) is 0 Å². The number of hydrogen-bond acceptors (Lipinski definition) is 4. The monoisotopic (exact) mass is 331 g/mol. The minimum atomic E-state index is -3.71. The van der Waals surface area contributed by atoms with Gasteiger partial charge in [-0.15, -0.1) is 0 Å². The lowest BCUT2D eigenvalue weighted by molar-refractivity contribution is -0.121. The molecule has 1 saturated carbocycles. The van der Waals surface area contributed by atoms with E-state index in [1.54, 1.807) is 0 Å². The zero-order valence-corrected chi connectivity index (χ0v) is 13.0. The van der Waals surface area contributed by atoms with Crippen LogP contribution in [0.2, 0.25) is 5.02 Å². The molecule has 0 bridgehead atoms. The Hall–Kier alpha value is -1.31. The fraction of sp³-hybridized carbons (Fsp3) is 0.462. The van der Waals surface area contributed by atoms with E-state index < -0.39 is 10.0 Å². The summed E-state index contributed by atoms with van der Waals surface area (Å²) in [6.07, 6.45) is 2.79. The molecule has 0 radical (unpaired) electrons. The maximum absolute atomic E-state index is 12.1. The van der Waals surface area contributed by atoms with E-state index >= 15 is 0 Å². The van der Waals surface area contributed by atoms with Crippen LogP contribution in [0.5, 0.6) is 0 Å². The molecule has 0 unspecified atom stereocenters. The molecular formula is C13H18ClN3O3S. The van der Waals surface area contributed by atoms with Crippen molar-refractivity contribution >= 4 is 33.2 Å². The number of halogens is 1. The third-order valence-corrected chi connectivity index (χ3v) is 4.83. The highest BCUT2D eigenvalue weighted by Crippen LogP contribution is 2.22. The lowest BCUT2D eigenvalue weighted by Crippen LogP contribution is -2.28. The standard InChI is InChI=1S/C13H18ClN3O3S/c14-9-3-6-11(15)12(8-9)21(19,20)16-7-1-2-13(18)17-10-4-5-10/h3,6,8,10,16H,1-2,4-5,7,15H2,(H,17,18). The first-order chi connectivity index (χ1) is 9.88. The summed E-state index contributed by atoms with van der Waals surface area (Å²) >= 11 is 5.78. The number of amides is 1. The molecule has 0 aromatic heterocycles. The highest BCUT2D eigenvalue weighted by atomic mass is 35.5. The Morgan fingerprint density at radius 2 is 2.10 bits per heavy atom. The van der Waals surface area contributed by atoms with Crippen LogP contribution >= 0.6 is 11.6 Å². The van der Waals surface area contributed by atoms with Gasteiger partial charge < -0.3 is 11.1 Å². The second kappa shape index (κ2) is 6.64. The molecule has 1 amide bonds. The Labute approximate surface area is 129 Å². The van der Waals surface area contributed by atoms with E-state index in [0.717, 1.165) is 12.8 Å². The zero-order chi connectivity index (χ0) is 15.5. The molecular weight excluding hydrogens is 314 g/mol. The Bertz CT molecular complexity index is 630. The first kappa shape index (κ1) is 16.1. The van der Waals surface area contributed by atoms with Gasteiger partial charge in [-0.2, -0.15) is 0 Å². The molecule has 1 aliphatic carbocycles. The second-order valence-corrected chi connectivity index (χ2v) is 7.20. The molecule has 1 fully saturated rings. The molecule has 1 aromatic rings. The van der Waals surface area contributed by atoms with Crippen LogP contribution in [0.25, 0.3) is 0 Å². The Balaban J connectivity index is 1.83. The van der Waals surface area contributed by atoms with Crippen molar-refractivity contribution < 1.29 is 13.2 Å². The molecule has 8 heteroatoms. The predicted octanol–water partition coefficient (Wildman–Crippen LogP) is 1.26. The van der Waals surface area contributed by atoms with Crippen molar-refractivity contribution in [1.29, 1.82) is 0 Å². The van der Waals surface area contributed by atoms with Gasteiger partial charge >= 0.3 is 0 Å². The first-order valence-corrected chi connectivity index (χ1v) is 8.58. The van der Waals surface area contributed by atoms with Gasteiger partial charge in [0, 0.05) is 24.0 Å². The molecule has 0 atom stereocenters. The maximum Gasteiger partial charge on any atom is 0.242 e. The van der Waals surface area contributed by atoms with E-state index in [2.05, 4.69) is 10.0 Å². The topological polar surface area (TPSA) is 101 Å². The van der Waals surface area contributed by atoms with E-state index in [1.165, 1.54) is 18.2 Å². The largest absolute Gasteiger partial charge is 0.398 e. The Kier molecular flexibility index (Phi) is 5.08. The van der Waals surface area contributed by atoms with Crippen LogP contribution in [-0.2, 0) is 14.8 Å². The normalized spacial score (nSPS) is 14.9. The summed E-state index contributed by atoms with van der Waals surface area (Å²) < 4.78 is 26.6. The van der Waals surface area contributed by atoms with Crippen LogP contribution in [0.4, 0.5) is 5.69 Å². The molecule has 6 nitrogen and oxygen atoms in total. The predicted molar refractivity (Wildman–Crippen MR) is 81.5 cm³/mol. The molecule has 21 heavy (non-hydrogen) atoms. The summed E-state index contributed by atoms with van der Waals surface area (Å²) in [5.74, 6) is -0.0426. The molecule has 0 aliphatic heterocycles. The molecule has 1 aliphatic rings. The summed E-state index contributed by atoms with van der Waals surface area (Å²) in [4.78, 5) is 11.4. The molecule has 4 N–H and O–H groups in total. The van der Waals surface area contributed by atoms with E-state index in [-0.39, 0.29) is 23.0 Å². The molecule has 2 rings (SSSR count). The average molecular weight is 332 g/mol. The first-order valence-electron chi connectivity index (χ1n) is 6.72. The van der Waals surface area contributed by atoms with Crippen LogP contribution in [-0.4, -0.2) is 26.9 Å². The fourth-order valence-electron chi connectivity index (χ4n) is 1.80. The lowest BCUT2D eigenvalue weighted by Gasteiger charge is -2.09. The van der Waals surface area contributed by atoms with Crippen molar-refractivity contribution in [3.8, 4) is 0 Å². The quantitative estimate of drug-likeness (QED) is 0.517. The SMILES string of the molecule is Nc1ccc(Cl)cc1S(=O)(=O)NCCCC(=O)NC1CC1. The van der Waals surface area contributed by atoms with Crippen molar-refractivity contribution in [1.82, 2.24) is 10.0 Å². The van der Waals surface area contributed by atoms with Crippen molar-refractivity contribution in [2.45, 2.75) is 36.6 Å². The third-order valence-electron chi connectivity index (χ3n) is 3.08. The summed E-state index contributed by atoms with van der Waals surface area (Å²) in [6.45, 7) is 0.173. The Morgan fingerprint density at radius 3 is 2.76 bits per heavy atom. The van der Waals surface area contributed by atoms with Gasteiger partial charge in [-0.3, -0.25) is 4.79 Å². The van der Waals surface area contributed by atoms with Gasteiger partial charge in [0.05, 0.1) is 5.69 Å². The van der Waals surface area contributed by atoms with Crippen LogP contribution in [0.15, 0.2) is 23.1 Å². The molecule has 0 heterocycles. The number of carbonyl (C=O) groups is 1. The summed E-state index contributed by atoms with van der Waals surface area (Å²) in [5.41, 5.74) is 5.79. The average Bonchev–Trinajstić information content (AvgIpc) is 3.21. The van der Waals surface area contributed by atoms with E-state index in [1.807, 2.05) is 0 Å². The number of anilines is 1. The zero-order valence-electron chi connectivity index (χ0n) is 11.4. The van der Waals surface area contributed by atoms with Crippen LogP contribution in [0.1, 0.15) is 25.7 Å². The smallest absolute Gasteiger partial charge is 0.242 e. The fourth-order valence-corrected chi connectivity index (χ4v) is 3.27. The number of rotatable bonds is 7. The number of nitrogens with two attached hydrogens (primary N) is 1. The number of sulfonamides is 1. The summed E-state index contributed by atoms with van der Waals surface area (Å²) in [6, 6.07) is 4.59. The van der Waals surface area contributed by atoms with Gasteiger partial charge in [0.2, 0.25) is 15.9 Å². The number of carbonyl (C=O) groups excluding carboxylic acids is 1. The minimum Gasteiger partial charge on any atom is -0.398 e. The number of nitrogens with one attached hydrogen (secondary N) is 2. The van der Waals surface area contributed by atoms with Crippen LogP contribution in [0, 0.1) is 0 Å². The molecule has 1 aromatic carbocycles. The van der Waals surface area contributed by atoms with Gasteiger partial charge in [-0.25, -0.2) is 13.1 Å². The second-order valence-electron chi connectivity index (χ2n) is 5.03. The van der Waals surface area contributed by atoms with Gasteiger partial charge in [-0.1, -0.05) is 11.6 Å². The summed E-state index contributed by atoms with van der Waals surface area (Å²) in [5, 5.41) is 3.15. The van der Waals surface area contributed by atoms with Crippen molar-refractivity contribution in [2.75, 3.05) is 12.3 Å². The number of hydrogen-bond donors (Lipinski definition) is 3. The van der Waals surface area contributed by atoms with Gasteiger partial charge in [-0.05, 0) is 37.5 Å². The molecule has 116 valence electrons. The van der Waals surface area contributed by atoms with Crippen LogP contribution in [0.3, 0.4) is 0 Å². The number of benzene rings is 1. The minimum absolute atomic E-state index is 0.0426. The van der Waals surface area contributed by atoms with Crippen molar-refractivity contribution in [3.05, 3.63) is 23.2 Å². The van der Waals surface area contributed by atoms with Crippen LogP contribution < -0.4 is 15.8 Å². The van der Waals surface area contributed by atoms with E-state index in [9.17, 15) is 13.2 Å². The highest BCUT2D eigenvalue weighted by Gasteiger charge is 2.23. The third kappa shape index (κ3) is 4.87.